The first-order chi connectivity index (χ1) is 9.19. The van der Waals surface area contributed by atoms with E-state index in [4.69, 9.17) is 15.8 Å². The highest BCUT2D eigenvalue weighted by atomic mass is 16.5. The van der Waals surface area contributed by atoms with Crippen LogP contribution < -0.4 is 0 Å². The van der Waals surface area contributed by atoms with Crippen molar-refractivity contribution in [1.82, 2.24) is 0 Å². The molecule has 1 aromatic carbocycles. The van der Waals surface area contributed by atoms with Gasteiger partial charge in [-0.15, -0.1) is 0 Å². The Bertz CT molecular complexity index is 454. The van der Waals surface area contributed by atoms with Crippen LogP contribution in [-0.4, -0.2) is 18.2 Å². The summed E-state index contributed by atoms with van der Waals surface area (Å²) in [5, 5.41) is 7.23. The van der Waals surface area contributed by atoms with Crippen LogP contribution in [0.2, 0.25) is 0 Å². The lowest BCUT2D eigenvalue weighted by Crippen LogP contribution is -2.34. The van der Waals surface area contributed by atoms with Gasteiger partial charge in [0.2, 0.25) is 0 Å². The van der Waals surface area contributed by atoms with Gasteiger partial charge in [0.05, 0.1) is 24.8 Å². The Hall–Kier alpha value is -2.20. The molecule has 0 N–H and O–H groups in total. The minimum absolute atomic E-state index is 0.377. The van der Waals surface area contributed by atoms with Crippen molar-refractivity contribution in [3.05, 3.63) is 56.8 Å². The van der Waals surface area contributed by atoms with Gasteiger partial charge in [0, 0.05) is 9.82 Å². The van der Waals surface area contributed by atoms with Crippen LogP contribution in [0.25, 0.3) is 20.9 Å². The molecule has 0 saturated heterocycles. The van der Waals surface area contributed by atoms with Gasteiger partial charge in [0.15, 0.2) is 0 Å². The lowest BCUT2D eigenvalue weighted by Gasteiger charge is -2.24. The molecule has 19 heavy (non-hydrogen) atoms. The average molecular weight is 260 g/mol. The van der Waals surface area contributed by atoms with E-state index < -0.39 is 18.2 Å². The molecule has 0 spiro atoms. The maximum absolute atomic E-state index is 8.48. The highest BCUT2D eigenvalue weighted by molar-refractivity contribution is 5.13. The van der Waals surface area contributed by atoms with E-state index in [9.17, 15) is 0 Å². The Morgan fingerprint density at radius 1 is 1.05 bits per heavy atom. The van der Waals surface area contributed by atoms with Gasteiger partial charge < -0.3 is 4.74 Å². The van der Waals surface area contributed by atoms with Gasteiger partial charge in [0.1, 0.15) is 0 Å². The number of ether oxygens (including phenoxy) is 1. The van der Waals surface area contributed by atoms with Crippen molar-refractivity contribution in [2.75, 3.05) is 0 Å². The number of nitrogens with zero attached hydrogens (tertiary/aromatic N) is 6. The highest BCUT2D eigenvalue weighted by Gasteiger charge is 2.23. The molecule has 1 rings (SSSR count). The van der Waals surface area contributed by atoms with Crippen LogP contribution in [-0.2, 0) is 11.3 Å². The zero-order chi connectivity index (χ0) is 14.1. The fraction of sp³-hybridized carbons (Fsp3) is 0.500. The van der Waals surface area contributed by atoms with Crippen molar-refractivity contribution >= 4 is 0 Å². The number of benzene rings is 1. The predicted molar refractivity (Wildman–Crippen MR) is 72.2 cm³/mol. The van der Waals surface area contributed by atoms with Crippen molar-refractivity contribution < 1.29 is 4.74 Å². The molecular weight excluding hydrogens is 244 g/mol. The summed E-state index contributed by atoms with van der Waals surface area (Å²) in [7, 11) is 0. The molecule has 2 atom stereocenters. The van der Waals surface area contributed by atoms with Gasteiger partial charge in [-0.05, 0) is 16.6 Å². The van der Waals surface area contributed by atoms with Gasteiger partial charge in [0.25, 0.3) is 0 Å². The molecule has 100 valence electrons. The van der Waals surface area contributed by atoms with Crippen molar-refractivity contribution in [2.24, 2.45) is 10.2 Å². The molecule has 2 unspecified atom stereocenters. The SMILES string of the molecule is CC(N=[N+]=[N-])C(OCc1ccccc1)C(C)N=[N+]=[N-]. The molecule has 0 radical (unpaired) electrons. The maximum Gasteiger partial charge on any atom is 0.0743 e. The first kappa shape index (κ1) is 14.9. The van der Waals surface area contributed by atoms with Crippen molar-refractivity contribution in [2.45, 2.75) is 38.6 Å². The summed E-state index contributed by atoms with van der Waals surface area (Å²) in [5.74, 6) is 0. The van der Waals surface area contributed by atoms with E-state index in [0.29, 0.717) is 6.61 Å². The highest BCUT2D eigenvalue weighted by Crippen LogP contribution is 2.15. The number of rotatable bonds is 7. The van der Waals surface area contributed by atoms with Crippen molar-refractivity contribution in [3.63, 3.8) is 0 Å². The first-order valence-corrected chi connectivity index (χ1v) is 5.93. The fourth-order valence-electron chi connectivity index (χ4n) is 1.74. The molecule has 1 aromatic rings. The zero-order valence-electron chi connectivity index (χ0n) is 10.9. The molecule has 7 heteroatoms. The number of hydrogen-bond acceptors (Lipinski definition) is 3. The molecule has 7 nitrogen and oxygen atoms in total. The third-order valence-corrected chi connectivity index (χ3v) is 2.70. The van der Waals surface area contributed by atoms with E-state index in [-0.39, 0.29) is 0 Å². The van der Waals surface area contributed by atoms with Crippen LogP contribution in [0.1, 0.15) is 19.4 Å². The van der Waals surface area contributed by atoms with Gasteiger partial charge >= 0.3 is 0 Å². The van der Waals surface area contributed by atoms with E-state index in [2.05, 4.69) is 20.1 Å². The summed E-state index contributed by atoms with van der Waals surface area (Å²) in [4.78, 5) is 5.53. The second-order valence-corrected chi connectivity index (χ2v) is 4.15. The van der Waals surface area contributed by atoms with E-state index in [1.54, 1.807) is 13.8 Å². The summed E-state index contributed by atoms with van der Waals surface area (Å²) in [6, 6.07) is 8.82. The molecule has 0 heterocycles. The minimum atomic E-state index is -0.452. The fourth-order valence-corrected chi connectivity index (χ4v) is 1.74. The molecule has 0 saturated carbocycles. The van der Waals surface area contributed by atoms with E-state index >= 15 is 0 Å². The maximum atomic E-state index is 8.48. The standard InChI is InChI=1S/C12H16N6O/c1-9(15-17-13)12(10(2)16-18-14)19-8-11-6-4-3-5-7-11/h3-7,9-10,12H,8H2,1-2H3. The Kier molecular flexibility index (Phi) is 6.26. The molecular formula is C12H16N6O. The molecule has 0 aliphatic carbocycles. The van der Waals surface area contributed by atoms with Gasteiger partial charge in [-0.2, -0.15) is 0 Å². The summed E-state index contributed by atoms with van der Waals surface area (Å²) < 4.78 is 5.73. The second-order valence-electron chi connectivity index (χ2n) is 4.15. The molecule has 0 aliphatic heterocycles. The monoisotopic (exact) mass is 260 g/mol. The lowest BCUT2D eigenvalue weighted by molar-refractivity contribution is 0.0143. The number of hydrogen-bond donors (Lipinski definition) is 0. The van der Waals surface area contributed by atoms with Crippen LogP contribution in [0.15, 0.2) is 40.6 Å². The minimum Gasteiger partial charge on any atom is -0.373 e. The van der Waals surface area contributed by atoms with E-state index in [1.807, 2.05) is 30.3 Å². The Morgan fingerprint density at radius 2 is 1.58 bits per heavy atom. The van der Waals surface area contributed by atoms with E-state index in [1.165, 1.54) is 0 Å². The predicted octanol–water partition coefficient (Wildman–Crippen LogP) is 3.97. The van der Waals surface area contributed by atoms with Gasteiger partial charge in [-0.1, -0.05) is 54.4 Å². The normalized spacial score (nSPS) is 14.6. The topological polar surface area (TPSA) is 107 Å². The van der Waals surface area contributed by atoms with Crippen LogP contribution >= 0.6 is 0 Å². The molecule has 0 aliphatic rings. The largest absolute Gasteiger partial charge is 0.373 e. The summed E-state index contributed by atoms with van der Waals surface area (Å²) in [6.45, 7) is 3.85. The lowest BCUT2D eigenvalue weighted by atomic mass is 10.1. The molecule has 0 fully saturated rings. The Balaban J connectivity index is 2.73. The number of azide groups is 2. The van der Waals surface area contributed by atoms with Gasteiger partial charge in [-0.25, -0.2) is 0 Å². The van der Waals surface area contributed by atoms with Gasteiger partial charge in [-0.3, -0.25) is 0 Å². The third kappa shape index (κ3) is 4.89. The summed E-state index contributed by atoms with van der Waals surface area (Å²) >= 11 is 0. The quantitative estimate of drug-likeness (QED) is 0.412. The Labute approximate surface area is 111 Å². The van der Waals surface area contributed by atoms with E-state index in [0.717, 1.165) is 5.56 Å². The zero-order valence-corrected chi connectivity index (χ0v) is 10.9. The summed E-state index contributed by atoms with van der Waals surface area (Å²) in [5.41, 5.74) is 18.0. The third-order valence-electron chi connectivity index (χ3n) is 2.70. The smallest absolute Gasteiger partial charge is 0.0743 e. The van der Waals surface area contributed by atoms with Crippen LogP contribution in [0.4, 0.5) is 0 Å². The van der Waals surface area contributed by atoms with Crippen LogP contribution in [0, 0.1) is 0 Å². The first-order valence-electron chi connectivity index (χ1n) is 5.93. The van der Waals surface area contributed by atoms with Crippen molar-refractivity contribution in [1.29, 1.82) is 0 Å². The molecule has 0 aromatic heterocycles. The summed E-state index contributed by atoms with van der Waals surface area (Å²) in [6.07, 6.45) is -0.452. The van der Waals surface area contributed by atoms with Crippen molar-refractivity contribution in [3.8, 4) is 0 Å². The molecule has 0 bridgehead atoms. The van der Waals surface area contributed by atoms with Crippen LogP contribution in [0.3, 0.4) is 0 Å². The Morgan fingerprint density at radius 3 is 2.05 bits per heavy atom. The molecule has 0 amide bonds. The average Bonchev–Trinajstić information content (AvgIpc) is 2.41. The van der Waals surface area contributed by atoms with Crippen LogP contribution in [0.5, 0.6) is 0 Å². The second kappa shape index (κ2) is 8.00.